The maximum atomic E-state index is 6.12. The van der Waals surface area contributed by atoms with E-state index in [9.17, 15) is 0 Å². The van der Waals surface area contributed by atoms with Crippen LogP contribution in [0.15, 0.2) is 48.5 Å². The first kappa shape index (κ1) is 14.7. The molecule has 1 aromatic heterocycles. The molecule has 1 N–H and O–H groups in total. The number of aromatic amines is 1. The Morgan fingerprint density at radius 1 is 1.17 bits per heavy atom. The van der Waals surface area contributed by atoms with Gasteiger partial charge in [-0.25, -0.2) is 0 Å². The van der Waals surface area contributed by atoms with Gasteiger partial charge in [0.1, 0.15) is 5.82 Å². The number of hydrogen-bond acceptors (Lipinski definition) is 2. The van der Waals surface area contributed by atoms with Crippen molar-refractivity contribution in [3.8, 4) is 5.69 Å². The van der Waals surface area contributed by atoms with Gasteiger partial charge in [-0.3, -0.25) is 9.67 Å². The highest BCUT2D eigenvalue weighted by Crippen LogP contribution is 2.54. The van der Waals surface area contributed by atoms with E-state index in [1.165, 1.54) is 11.1 Å². The fraction of sp³-hybridized carbons (Fsp3) is 0.222. The number of hydrogen-bond donors (Lipinski definition) is 1. The van der Waals surface area contributed by atoms with Crippen molar-refractivity contribution in [2.24, 2.45) is 0 Å². The molecule has 0 saturated heterocycles. The number of nitrogens with one attached hydrogen (secondary N) is 1. The van der Waals surface area contributed by atoms with Gasteiger partial charge in [0.15, 0.2) is 4.77 Å². The van der Waals surface area contributed by atoms with Crippen LogP contribution < -0.4 is 0 Å². The van der Waals surface area contributed by atoms with Gasteiger partial charge in [0.25, 0.3) is 0 Å². The number of halogens is 1. The summed E-state index contributed by atoms with van der Waals surface area (Å²) in [5.41, 5.74) is 3.61. The molecule has 5 heteroatoms. The number of aromatic nitrogens is 3. The fourth-order valence-corrected chi connectivity index (χ4v) is 3.51. The second-order valence-corrected chi connectivity index (χ2v) is 6.88. The maximum Gasteiger partial charge on any atom is 0.199 e. The first-order valence-electron chi connectivity index (χ1n) is 7.63. The third-order valence-corrected chi connectivity index (χ3v) is 4.90. The molecule has 0 amide bonds. The van der Waals surface area contributed by atoms with E-state index in [1.807, 2.05) is 28.8 Å². The van der Waals surface area contributed by atoms with Gasteiger partial charge in [-0.2, -0.15) is 5.10 Å². The minimum absolute atomic E-state index is 0.393. The summed E-state index contributed by atoms with van der Waals surface area (Å²) in [6.45, 7) is 2.11. The molecule has 23 heavy (non-hydrogen) atoms. The average Bonchev–Trinajstić information content (AvgIpc) is 3.23. The molecule has 1 fully saturated rings. The Labute approximate surface area is 144 Å². The normalized spacial score (nSPS) is 19.7. The van der Waals surface area contributed by atoms with Gasteiger partial charge in [0.2, 0.25) is 0 Å². The van der Waals surface area contributed by atoms with Gasteiger partial charge >= 0.3 is 0 Å². The molecule has 2 atom stereocenters. The van der Waals surface area contributed by atoms with Crippen LogP contribution >= 0.6 is 23.8 Å². The summed E-state index contributed by atoms with van der Waals surface area (Å²) in [5.74, 6) is 1.89. The topological polar surface area (TPSA) is 33.6 Å². The van der Waals surface area contributed by atoms with E-state index in [2.05, 4.69) is 41.4 Å². The molecule has 1 aliphatic rings. The van der Waals surface area contributed by atoms with Gasteiger partial charge in [-0.05, 0) is 55.2 Å². The molecule has 1 heterocycles. The minimum atomic E-state index is 0.393. The molecule has 1 aliphatic carbocycles. The Kier molecular flexibility index (Phi) is 3.58. The minimum Gasteiger partial charge on any atom is -0.272 e. The lowest BCUT2D eigenvalue weighted by Crippen LogP contribution is -2.01. The third-order valence-electron chi connectivity index (χ3n) is 4.39. The molecule has 1 saturated carbocycles. The average molecular weight is 342 g/mol. The molecular weight excluding hydrogens is 326 g/mol. The van der Waals surface area contributed by atoms with Crippen molar-refractivity contribution in [3.63, 3.8) is 0 Å². The number of nitrogens with zero attached hydrogens (tertiary/aromatic N) is 2. The molecule has 0 bridgehead atoms. The molecule has 0 radical (unpaired) electrons. The van der Waals surface area contributed by atoms with E-state index in [1.54, 1.807) is 0 Å². The zero-order chi connectivity index (χ0) is 16.0. The van der Waals surface area contributed by atoms with Crippen LogP contribution in [0.1, 0.15) is 35.2 Å². The third kappa shape index (κ3) is 2.73. The summed E-state index contributed by atoms with van der Waals surface area (Å²) in [5, 5.41) is 8.11. The molecular formula is C18H16ClN3S. The highest BCUT2D eigenvalue weighted by Gasteiger charge is 2.43. The fourth-order valence-electron chi connectivity index (χ4n) is 3.09. The van der Waals surface area contributed by atoms with Gasteiger partial charge in [-0.15, -0.1) is 0 Å². The highest BCUT2D eigenvalue weighted by molar-refractivity contribution is 7.71. The van der Waals surface area contributed by atoms with E-state index in [-0.39, 0.29) is 0 Å². The molecule has 0 spiro atoms. The molecule has 3 nitrogen and oxygen atoms in total. The molecule has 116 valence electrons. The second-order valence-electron chi connectivity index (χ2n) is 6.06. The van der Waals surface area contributed by atoms with Crippen LogP contribution in [-0.2, 0) is 0 Å². The van der Waals surface area contributed by atoms with Crippen LogP contribution in [0.3, 0.4) is 0 Å². The molecule has 0 aliphatic heterocycles. The molecule has 2 aromatic carbocycles. The Balaban J connectivity index is 1.69. The first-order valence-corrected chi connectivity index (χ1v) is 8.42. The second kappa shape index (κ2) is 5.62. The summed E-state index contributed by atoms with van der Waals surface area (Å²) in [6.07, 6.45) is 1.10. The monoisotopic (exact) mass is 341 g/mol. The van der Waals surface area contributed by atoms with E-state index < -0.39 is 0 Å². The van der Waals surface area contributed by atoms with Crippen LogP contribution in [0.5, 0.6) is 0 Å². The van der Waals surface area contributed by atoms with E-state index in [0.29, 0.717) is 21.6 Å². The van der Waals surface area contributed by atoms with Crippen molar-refractivity contribution in [2.75, 3.05) is 0 Å². The molecule has 4 rings (SSSR count). The van der Waals surface area contributed by atoms with Crippen LogP contribution in [-0.4, -0.2) is 14.8 Å². The summed E-state index contributed by atoms with van der Waals surface area (Å²) in [6, 6.07) is 16.5. The van der Waals surface area contributed by atoms with E-state index in [4.69, 9.17) is 23.8 Å². The van der Waals surface area contributed by atoms with Crippen molar-refractivity contribution in [1.29, 1.82) is 0 Å². The van der Waals surface area contributed by atoms with Crippen molar-refractivity contribution < 1.29 is 0 Å². The molecule has 0 unspecified atom stereocenters. The number of H-pyrrole nitrogens is 1. The SMILES string of the molecule is Cc1ccc([C@@H]2C[C@H]2c2n[nH]c(=S)n2-c2cccc(Cl)c2)cc1. The van der Waals surface area contributed by atoms with E-state index >= 15 is 0 Å². The van der Waals surface area contributed by atoms with Crippen molar-refractivity contribution >= 4 is 23.8 Å². The smallest absolute Gasteiger partial charge is 0.199 e. The van der Waals surface area contributed by atoms with E-state index in [0.717, 1.165) is 17.9 Å². The quantitative estimate of drug-likeness (QED) is 0.667. The zero-order valence-corrected chi connectivity index (χ0v) is 14.2. The Hall–Kier alpha value is -1.91. The lowest BCUT2D eigenvalue weighted by atomic mass is 10.1. The summed E-state index contributed by atoms with van der Waals surface area (Å²) < 4.78 is 2.61. The van der Waals surface area contributed by atoms with Gasteiger partial charge < -0.3 is 0 Å². The lowest BCUT2D eigenvalue weighted by molar-refractivity contribution is 0.846. The predicted octanol–water partition coefficient (Wildman–Crippen LogP) is 5.16. The van der Waals surface area contributed by atoms with Gasteiger partial charge in [-0.1, -0.05) is 47.5 Å². The summed E-state index contributed by atoms with van der Waals surface area (Å²) in [7, 11) is 0. The van der Waals surface area contributed by atoms with Crippen molar-refractivity contribution in [1.82, 2.24) is 14.8 Å². The highest BCUT2D eigenvalue weighted by atomic mass is 35.5. The Bertz CT molecular complexity index is 911. The van der Waals surface area contributed by atoms with Gasteiger partial charge in [0, 0.05) is 10.9 Å². The van der Waals surface area contributed by atoms with Crippen LogP contribution in [0, 0.1) is 11.7 Å². The number of aryl methyl sites for hydroxylation is 1. The van der Waals surface area contributed by atoms with Crippen molar-refractivity contribution in [3.05, 3.63) is 75.3 Å². The lowest BCUT2D eigenvalue weighted by Gasteiger charge is -2.07. The number of rotatable bonds is 3. The largest absolute Gasteiger partial charge is 0.272 e. The maximum absolute atomic E-state index is 6.12. The van der Waals surface area contributed by atoms with Crippen LogP contribution in [0.2, 0.25) is 5.02 Å². The van der Waals surface area contributed by atoms with Crippen LogP contribution in [0.25, 0.3) is 5.69 Å². The zero-order valence-electron chi connectivity index (χ0n) is 12.7. The number of benzene rings is 2. The van der Waals surface area contributed by atoms with Crippen LogP contribution in [0.4, 0.5) is 0 Å². The van der Waals surface area contributed by atoms with Crippen molar-refractivity contribution in [2.45, 2.75) is 25.2 Å². The standard InChI is InChI=1S/C18H16ClN3S/c1-11-5-7-12(8-6-11)15-10-16(15)17-20-21-18(23)22(17)14-4-2-3-13(19)9-14/h2-9,15-16H,10H2,1H3,(H,21,23)/t15-,16+/m0/s1. The Morgan fingerprint density at radius 3 is 2.70 bits per heavy atom. The first-order chi connectivity index (χ1) is 11.1. The predicted molar refractivity (Wildman–Crippen MR) is 95.0 cm³/mol. The van der Waals surface area contributed by atoms with Gasteiger partial charge in [0.05, 0.1) is 5.69 Å². The summed E-state index contributed by atoms with van der Waals surface area (Å²) in [4.78, 5) is 0. The molecule has 3 aromatic rings. The Morgan fingerprint density at radius 2 is 1.96 bits per heavy atom. The summed E-state index contributed by atoms with van der Waals surface area (Å²) >= 11 is 11.5.